The fraction of sp³-hybridized carbons (Fsp3) is 0.286. The number of aliphatic hydroxyl groups excluding tert-OH is 1. The van der Waals surface area contributed by atoms with Crippen LogP contribution in [0.2, 0.25) is 0 Å². The molecule has 0 bridgehead atoms. The molecule has 2 heterocycles. The average Bonchev–Trinajstić information content (AvgIpc) is 3.07. The molecule has 1 fully saturated rings. The number of aromatic nitrogens is 1. The first-order valence-electron chi connectivity index (χ1n) is 14.9. The Kier molecular flexibility index (Phi) is 10.9. The molecule has 1 aromatic heterocycles. The number of carboxylic acids is 1. The van der Waals surface area contributed by atoms with Crippen LogP contribution in [0.4, 0.5) is 4.79 Å². The minimum absolute atomic E-state index is 0.0418. The minimum Gasteiger partial charge on any atom is -0.478 e. The van der Waals surface area contributed by atoms with Crippen LogP contribution in [-0.2, 0) is 22.6 Å². The molecule has 2 amide bonds. The normalized spacial score (nSPS) is 19.5. The van der Waals surface area contributed by atoms with Gasteiger partial charge in [0.05, 0.1) is 24.4 Å². The molecule has 0 aliphatic carbocycles. The first-order valence-corrected chi connectivity index (χ1v) is 15.9. The van der Waals surface area contributed by atoms with Gasteiger partial charge in [0.25, 0.3) is 0 Å². The average molecular weight is 628 g/mol. The fourth-order valence-corrected chi connectivity index (χ4v) is 6.46. The van der Waals surface area contributed by atoms with Crippen molar-refractivity contribution in [1.82, 2.24) is 15.6 Å². The molecule has 45 heavy (non-hydrogen) atoms. The number of aliphatic hydroxyl groups is 1. The monoisotopic (exact) mass is 627 g/mol. The van der Waals surface area contributed by atoms with E-state index in [1.165, 1.54) is 11.8 Å². The van der Waals surface area contributed by atoms with Gasteiger partial charge in [-0.2, -0.15) is 0 Å². The van der Waals surface area contributed by atoms with Crippen molar-refractivity contribution in [2.75, 3.05) is 12.3 Å². The Balaban J connectivity index is 1.39. The molecule has 1 aliphatic rings. The zero-order chi connectivity index (χ0) is 31.8. The highest BCUT2D eigenvalue weighted by molar-refractivity contribution is 7.99. The van der Waals surface area contributed by atoms with Gasteiger partial charge in [0.2, 0.25) is 0 Å². The number of carboxylic acid groups (broad SMARTS) is 1. The van der Waals surface area contributed by atoms with Gasteiger partial charge in [-0.25, -0.2) is 14.6 Å². The predicted octanol–water partition coefficient (Wildman–Crippen LogP) is 6.34. The summed E-state index contributed by atoms with van der Waals surface area (Å²) in [6.07, 6.45) is 0.347. The van der Waals surface area contributed by atoms with E-state index in [-0.39, 0.29) is 36.3 Å². The SMILES string of the molecule is CCNC(=O)NCc1ccccc1-c1ccc([C@H]2O[C@@H](CSc3ncccc3C(=O)O)[C@@H](C)[C@@H](c3ccc(CO)cc3)O2)cc1. The minimum atomic E-state index is -1.02. The first-order chi connectivity index (χ1) is 21.9. The molecule has 1 aliphatic heterocycles. The molecule has 1 saturated heterocycles. The van der Waals surface area contributed by atoms with Crippen LogP contribution >= 0.6 is 11.8 Å². The maximum Gasteiger partial charge on any atom is 0.338 e. The molecule has 3 aromatic carbocycles. The summed E-state index contributed by atoms with van der Waals surface area (Å²) < 4.78 is 13.1. The number of pyridine rings is 1. The summed E-state index contributed by atoms with van der Waals surface area (Å²) >= 11 is 1.36. The number of aromatic carboxylic acids is 1. The van der Waals surface area contributed by atoms with E-state index in [0.717, 1.165) is 33.4 Å². The molecule has 4 N–H and O–H groups in total. The number of carbonyl (C=O) groups is 2. The second kappa shape index (κ2) is 15.2. The number of ether oxygens (including phenoxy) is 2. The van der Waals surface area contributed by atoms with Crippen molar-refractivity contribution in [1.29, 1.82) is 0 Å². The van der Waals surface area contributed by atoms with Crippen LogP contribution in [-0.4, -0.2) is 45.6 Å². The molecule has 234 valence electrons. The van der Waals surface area contributed by atoms with Crippen LogP contribution in [0, 0.1) is 5.92 Å². The molecule has 0 spiro atoms. The van der Waals surface area contributed by atoms with Gasteiger partial charge >= 0.3 is 12.0 Å². The predicted molar refractivity (Wildman–Crippen MR) is 173 cm³/mol. The van der Waals surface area contributed by atoms with Crippen molar-refractivity contribution < 1.29 is 29.3 Å². The number of hydrogen-bond donors (Lipinski definition) is 4. The van der Waals surface area contributed by atoms with E-state index >= 15 is 0 Å². The summed E-state index contributed by atoms with van der Waals surface area (Å²) in [5, 5.41) is 25.3. The molecular formula is C35H37N3O6S. The molecule has 4 atom stereocenters. The van der Waals surface area contributed by atoms with Gasteiger partial charge in [0.1, 0.15) is 5.03 Å². The van der Waals surface area contributed by atoms with Crippen LogP contribution in [0.3, 0.4) is 0 Å². The van der Waals surface area contributed by atoms with E-state index in [9.17, 15) is 19.8 Å². The lowest BCUT2D eigenvalue weighted by molar-refractivity contribution is -0.268. The Morgan fingerprint density at radius 2 is 1.64 bits per heavy atom. The van der Waals surface area contributed by atoms with Crippen molar-refractivity contribution >= 4 is 23.8 Å². The summed E-state index contributed by atoms with van der Waals surface area (Å²) in [6, 6.07) is 26.6. The van der Waals surface area contributed by atoms with Crippen molar-refractivity contribution in [2.24, 2.45) is 5.92 Å². The maximum absolute atomic E-state index is 12.0. The highest BCUT2D eigenvalue weighted by Crippen LogP contribution is 2.43. The van der Waals surface area contributed by atoms with E-state index in [1.807, 2.05) is 79.7 Å². The highest BCUT2D eigenvalue weighted by Gasteiger charge is 2.38. The van der Waals surface area contributed by atoms with Gasteiger partial charge in [-0.15, -0.1) is 11.8 Å². The number of thioether (sulfide) groups is 1. The van der Waals surface area contributed by atoms with Crippen LogP contribution in [0.25, 0.3) is 11.1 Å². The fourth-order valence-electron chi connectivity index (χ4n) is 5.31. The lowest BCUT2D eigenvalue weighted by Gasteiger charge is -2.41. The number of carbonyl (C=O) groups excluding carboxylic acids is 1. The molecule has 0 radical (unpaired) electrons. The Bertz CT molecular complexity index is 1600. The van der Waals surface area contributed by atoms with E-state index in [2.05, 4.69) is 22.5 Å². The van der Waals surface area contributed by atoms with Crippen LogP contribution in [0.5, 0.6) is 0 Å². The lowest BCUT2D eigenvalue weighted by Crippen LogP contribution is -2.38. The Labute approximate surface area is 267 Å². The number of hydrogen-bond acceptors (Lipinski definition) is 7. The summed E-state index contributed by atoms with van der Waals surface area (Å²) in [5.41, 5.74) is 5.80. The van der Waals surface area contributed by atoms with Crippen molar-refractivity contribution in [2.45, 2.75) is 50.5 Å². The highest BCUT2D eigenvalue weighted by atomic mass is 32.2. The van der Waals surface area contributed by atoms with Gasteiger partial charge in [-0.05, 0) is 46.9 Å². The first kappa shape index (κ1) is 32.2. The van der Waals surface area contributed by atoms with Gasteiger partial charge in [-0.3, -0.25) is 0 Å². The summed E-state index contributed by atoms with van der Waals surface area (Å²) in [6.45, 7) is 4.85. The summed E-state index contributed by atoms with van der Waals surface area (Å²) in [7, 11) is 0. The molecule has 0 unspecified atom stereocenters. The van der Waals surface area contributed by atoms with E-state index in [0.29, 0.717) is 23.9 Å². The van der Waals surface area contributed by atoms with E-state index in [4.69, 9.17) is 9.47 Å². The number of nitrogens with one attached hydrogen (secondary N) is 2. The lowest BCUT2D eigenvalue weighted by atomic mass is 9.91. The Morgan fingerprint density at radius 1 is 0.911 bits per heavy atom. The third kappa shape index (κ3) is 7.90. The van der Waals surface area contributed by atoms with E-state index < -0.39 is 12.3 Å². The summed E-state index contributed by atoms with van der Waals surface area (Å²) in [5.74, 6) is -0.602. The van der Waals surface area contributed by atoms with Gasteiger partial charge in [0, 0.05) is 36.5 Å². The molecule has 9 nitrogen and oxygen atoms in total. The number of benzene rings is 3. The molecule has 0 saturated carbocycles. The second-order valence-electron chi connectivity index (χ2n) is 10.8. The topological polar surface area (TPSA) is 130 Å². The quantitative estimate of drug-likeness (QED) is 0.142. The number of amides is 2. The second-order valence-corrected chi connectivity index (χ2v) is 11.8. The van der Waals surface area contributed by atoms with E-state index in [1.54, 1.807) is 18.3 Å². The van der Waals surface area contributed by atoms with Crippen LogP contribution in [0.15, 0.2) is 96.2 Å². The van der Waals surface area contributed by atoms with Gasteiger partial charge in [-0.1, -0.05) is 79.7 Å². The zero-order valence-corrected chi connectivity index (χ0v) is 26.0. The largest absolute Gasteiger partial charge is 0.478 e. The molecule has 10 heteroatoms. The van der Waals surface area contributed by atoms with Crippen molar-refractivity contribution in [3.05, 3.63) is 119 Å². The van der Waals surface area contributed by atoms with Gasteiger partial charge < -0.3 is 30.3 Å². The smallest absolute Gasteiger partial charge is 0.338 e. The van der Waals surface area contributed by atoms with Crippen molar-refractivity contribution in [3.8, 4) is 11.1 Å². The Hall–Kier alpha value is -4.22. The third-order valence-electron chi connectivity index (χ3n) is 7.80. The number of nitrogens with zero attached hydrogens (tertiary/aromatic N) is 1. The zero-order valence-electron chi connectivity index (χ0n) is 25.2. The third-order valence-corrected chi connectivity index (χ3v) is 8.89. The number of rotatable bonds is 11. The molecule has 4 aromatic rings. The summed E-state index contributed by atoms with van der Waals surface area (Å²) in [4.78, 5) is 28.0. The maximum atomic E-state index is 12.0. The molecule has 5 rings (SSSR count). The molecular weight excluding hydrogens is 590 g/mol. The standard InChI is InChI=1S/C35H37N3O6S/c1-3-36-35(42)38-19-27-7-4-5-8-28(27)24-14-16-26(17-15-24)34-43-30(21-45-32-29(33(40)41)9-6-18-37-32)22(2)31(44-34)25-12-10-23(20-39)11-13-25/h4-18,22,30-31,34,39H,3,19-21H2,1-2H3,(H,40,41)(H2,36,38,42)/t22-,30+,31+,34+/m1/s1. The Morgan fingerprint density at radius 3 is 2.36 bits per heavy atom. The van der Waals surface area contributed by atoms with Gasteiger partial charge in [0.15, 0.2) is 6.29 Å². The van der Waals surface area contributed by atoms with Crippen molar-refractivity contribution in [3.63, 3.8) is 0 Å². The van der Waals surface area contributed by atoms with Crippen LogP contribution in [0.1, 0.15) is 58.9 Å². The number of urea groups is 1. The van der Waals surface area contributed by atoms with Crippen LogP contribution < -0.4 is 10.6 Å².